The summed E-state index contributed by atoms with van der Waals surface area (Å²) in [5, 5.41) is 1.41. The molecule has 6 aromatic heterocycles. The van der Waals surface area contributed by atoms with E-state index in [1.54, 1.807) is 97.5 Å². The lowest BCUT2D eigenvalue weighted by Crippen LogP contribution is -2.41. The zero-order chi connectivity index (χ0) is 51.4. The molecule has 0 spiro atoms. The van der Waals surface area contributed by atoms with Gasteiger partial charge in [0.15, 0.2) is 0 Å². The smallest absolute Gasteiger partial charge is 0.332 e. The number of methoxy groups -OCH3 is 3. The first-order valence-corrected chi connectivity index (χ1v) is 25.8. The van der Waals surface area contributed by atoms with Crippen molar-refractivity contribution in [2.24, 2.45) is 38.9 Å². The molecule has 22 heteroatoms. The second-order valence-electron chi connectivity index (χ2n) is 18.6. The monoisotopic (exact) mass is 1010 g/mol. The van der Waals surface area contributed by atoms with Crippen LogP contribution >= 0.6 is 0 Å². The number of nitrogens with one attached hydrogen (secondary N) is 1. The Balaban J connectivity index is 0.000000159. The Morgan fingerprint density at radius 2 is 0.887 bits per heavy atom. The maximum absolute atomic E-state index is 12.6. The molecule has 0 aromatic carbocycles. The van der Waals surface area contributed by atoms with Gasteiger partial charge in [0.1, 0.15) is 16.9 Å². The van der Waals surface area contributed by atoms with Gasteiger partial charge >= 0.3 is 17.1 Å². The molecule has 0 atom stereocenters. The van der Waals surface area contributed by atoms with Gasteiger partial charge in [-0.1, -0.05) is 0 Å². The largest absolute Gasteiger partial charge is 0.381 e. The molecule has 71 heavy (non-hydrogen) atoms. The molecule has 0 amide bonds. The number of fused-ring (bicyclic) bond motifs is 3. The van der Waals surface area contributed by atoms with Crippen molar-refractivity contribution < 1.29 is 26.8 Å². The summed E-state index contributed by atoms with van der Waals surface area (Å²) in [7, 11) is 6.81. The Bertz CT molecular complexity index is 3090. The van der Waals surface area contributed by atoms with E-state index in [1.807, 2.05) is 0 Å². The molecule has 3 aliphatic carbocycles. The average molecular weight is 1010 g/mol. The minimum atomic E-state index is -3.27. The molecule has 0 saturated heterocycles. The number of hydrogen-bond donors (Lipinski definition) is 1. The number of pyridine rings is 3. The zero-order valence-corrected chi connectivity index (χ0v) is 42.5. The number of aromatic nitrogens is 9. The summed E-state index contributed by atoms with van der Waals surface area (Å²) in [6.07, 6.45) is 18.7. The Morgan fingerprint density at radius 1 is 0.535 bits per heavy atom. The highest BCUT2D eigenvalue weighted by molar-refractivity contribution is 7.85. The third-order valence-corrected chi connectivity index (χ3v) is 14.4. The second kappa shape index (κ2) is 24.9. The summed E-state index contributed by atoms with van der Waals surface area (Å²) in [5.41, 5.74) is -0.609. The number of rotatable bonds is 10. The Kier molecular flexibility index (Phi) is 19.1. The fourth-order valence-electron chi connectivity index (χ4n) is 9.55. The van der Waals surface area contributed by atoms with Crippen molar-refractivity contribution in [3.8, 4) is 0 Å². The van der Waals surface area contributed by atoms with Crippen molar-refractivity contribution in [1.29, 1.82) is 0 Å². The lowest BCUT2D eigenvalue weighted by molar-refractivity contribution is 0.0488. The van der Waals surface area contributed by atoms with Crippen molar-refractivity contribution in [1.82, 2.24) is 42.8 Å². The van der Waals surface area contributed by atoms with Crippen LogP contribution in [-0.2, 0) is 62.7 Å². The molecule has 9 rings (SSSR count). The van der Waals surface area contributed by atoms with Gasteiger partial charge < -0.3 is 14.2 Å². The second-order valence-corrected chi connectivity index (χ2v) is 20.2. The van der Waals surface area contributed by atoms with E-state index in [0.717, 1.165) is 83.3 Å². The third-order valence-electron chi connectivity index (χ3n) is 13.9. The van der Waals surface area contributed by atoms with Crippen LogP contribution in [0.2, 0.25) is 0 Å². The molecular formula is C49H67N9O12S. The number of H-pyrrole nitrogens is 1. The van der Waals surface area contributed by atoms with Gasteiger partial charge in [0.2, 0.25) is 0 Å². The van der Waals surface area contributed by atoms with Gasteiger partial charge in [-0.25, -0.2) is 29.3 Å². The molecule has 6 aromatic rings. The summed E-state index contributed by atoms with van der Waals surface area (Å²) in [6, 6.07) is 10.2. The van der Waals surface area contributed by atoms with E-state index in [-0.39, 0.29) is 22.5 Å². The molecule has 0 aliphatic heterocycles. The van der Waals surface area contributed by atoms with Gasteiger partial charge in [0.25, 0.3) is 26.8 Å². The van der Waals surface area contributed by atoms with Crippen molar-refractivity contribution in [3.05, 3.63) is 118 Å². The van der Waals surface area contributed by atoms with Crippen LogP contribution in [0.15, 0.2) is 83.8 Å². The van der Waals surface area contributed by atoms with E-state index in [9.17, 15) is 37.2 Å². The molecule has 3 fully saturated rings. The minimum Gasteiger partial charge on any atom is -0.381 e. The maximum atomic E-state index is 12.6. The highest BCUT2D eigenvalue weighted by Gasteiger charge is 2.25. The molecule has 3 aliphatic rings. The predicted molar refractivity (Wildman–Crippen MR) is 269 cm³/mol. The van der Waals surface area contributed by atoms with E-state index in [1.165, 1.54) is 22.8 Å². The summed E-state index contributed by atoms with van der Waals surface area (Å²) in [6.45, 7) is 1.29. The first-order chi connectivity index (χ1) is 33.9. The van der Waals surface area contributed by atoms with E-state index in [4.69, 9.17) is 18.4 Å². The van der Waals surface area contributed by atoms with Gasteiger partial charge in [-0.05, 0) is 131 Å². The summed E-state index contributed by atoms with van der Waals surface area (Å²) in [4.78, 5) is 86.9. The Morgan fingerprint density at radius 3 is 1.25 bits per heavy atom. The highest BCUT2D eigenvalue weighted by Crippen LogP contribution is 2.28. The Labute approximate surface area is 410 Å². The van der Waals surface area contributed by atoms with Crippen LogP contribution in [0.25, 0.3) is 33.1 Å². The lowest BCUT2D eigenvalue weighted by atomic mass is 9.87. The van der Waals surface area contributed by atoms with Gasteiger partial charge in [-0.2, -0.15) is 8.42 Å². The van der Waals surface area contributed by atoms with Gasteiger partial charge in [-0.15, -0.1) is 0 Å². The molecule has 0 radical (unpaired) electrons. The fourth-order valence-corrected chi connectivity index (χ4v) is 9.99. The molecule has 21 nitrogen and oxygen atoms in total. The predicted octanol–water partition coefficient (Wildman–Crippen LogP) is 3.39. The van der Waals surface area contributed by atoms with E-state index in [2.05, 4.69) is 19.9 Å². The Hall–Kier alpha value is -5.94. The van der Waals surface area contributed by atoms with Crippen LogP contribution in [0, 0.1) is 17.8 Å². The average Bonchev–Trinajstić information content (AvgIpc) is 3.39. The summed E-state index contributed by atoms with van der Waals surface area (Å²) < 4.78 is 49.2. The summed E-state index contributed by atoms with van der Waals surface area (Å²) in [5.74, 6) is 1.08. The molecule has 6 heterocycles. The topological polar surface area (TPSA) is 253 Å². The van der Waals surface area contributed by atoms with Gasteiger partial charge in [0, 0.05) is 74.2 Å². The normalized spacial score (nSPS) is 21.3. The van der Waals surface area contributed by atoms with E-state index < -0.39 is 21.4 Å². The summed E-state index contributed by atoms with van der Waals surface area (Å²) >= 11 is 0. The molecule has 3 saturated carbocycles. The molecule has 1 N–H and O–H groups in total. The van der Waals surface area contributed by atoms with Crippen molar-refractivity contribution in [2.75, 3.05) is 34.2 Å². The molecular weight excluding hydrogens is 939 g/mol. The number of ether oxygens (including phenoxy) is 3. The molecule has 0 bridgehead atoms. The SMILES string of the molecule is COC1CCC(COS(C)(=O)=O)CC1.COC1CCC(Cn2c(=O)c3cccnc3n(C)c2=O)CC1.COC1CCC(Cn2c(=O)c3cccnc3n(C)c2=O)CC1.Cn1c(=O)[nH]c(=O)c2cccnc21. The quantitative estimate of drug-likeness (QED) is 0.193. The standard InChI is InChI=1S/2C16H21N3O3.C9H18O4S.C8H7N3O2/c2*1-18-14-13(4-3-9-17-14)15(20)19(16(18)21)10-11-5-7-12(22-2)8-6-11;1-12-9-5-3-8(4-6-9)7-13-14(2,10)11;1-11-6-5(3-2-4-9-6)7(12)10-8(11)13/h2*3-4,9,11-12H,5-8,10H2,1-2H3;8-9H,3-7H2,1-2H3;2-4H,1H3,(H,10,12,13). The number of aromatic amines is 1. The van der Waals surface area contributed by atoms with Crippen LogP contribution < -0.4 is 33.7 Å². The van der Waals surface area contributed by atoms with Gasteiger partial charge in [-0.3, -0.25) is 46.4 Å². The highest BCUT2D eigenvalue weighted by atomic mass is 32.2. The van der Waals surface area contributed by atoms with Crippen LogP contribution in [-0.4, -0.2) is 104 Å². The first kappa shape index (κ1) is 54.4. The third kappa shape index (κ3) is 13.9. The number of aryl methyl sites for hydroxylation is 3. The zero-order valence-electron chi connectivity index (χ0n) is 41.7. The van der Waals surface area contributed by atoms with Crippen LogP contribution in [0.1, 0.15) is 77.0 Å². The minimum absolute atomic E-state index is 0.236. The lowest BCUT2D eigenvalue weighted by Gasteiger charge is -2.27. The van der Waals surface area contributed by atoms with Crippen molar-refractivity contribution in [2.45, 2.75) is 108 Å². The van der Waals surface area contributed by atoms with E-state index >= 15 is 0 Å². The number of hydrogen-bond acceptors (Lipinski definition) is 15. The van der Waals surface area contributed by atoms with E-state index in [0.29, 0.717) is 88.9 Å². The fraction of sp³-hybridized carbons (Fsp3) is 0.571. The van der Waals surface area contributed by atoms with Crippen LogP contribution in [0.4, 0.5) is 0 Å². The maximum Gasteiger partial charge on any atom is 0.332 e. The number of nitrogens with zero attached hydrogens (tertiary/aromatic N) is 8. The van der Waals surface area contributed by atoms with Crippen molar-refractivity contribution in [3.63, 3.8) is 0 Å². The molecule has 0 unspecified atom stereocenters. The molecule has 386 valence electrons. The van der Waals surface area contributed by atoms with Crippen LogP contribution in [0.3, 0.4) is 0 Å². The first-order valence-electron chi connectivity index (χ1n) is 24.0. The van der Waals surface area contributed by atoms with Crippen LogP contribution in [0.5, 0.6) is 0 Å². The van der Waals surface area contributed by atoms with Gasteiger partial charge in [0.05, 0.1) is 47.3 Å². The van der Waals surface area contributed by atoms with Crippen molar-refractivity contribution >= 4 is 43.2 Å².